The molecule has 0 aliphatic heterocycles. The van der Waals surface area contributed by atoms with Gasteiger partial charge in [0.1, 0.15) is 6.04 Å². The summed E-state index contributed by atoms with van der Waals surface area (Å²) < 4.78 is 11.7. The predicted octanol–water partition coefficient (Wildman–Crippen LogP) is 0.107. The van der Waals surface area contributed by atoms with Crippen LogP contribution in [0.5, 0.6) is 0 Å². The molecule has 0 aliphatic carbocycles. The molecule has 0 aromatic carbocycles. The Balaban J connectivity index is 4.09. The summed E-state index contributed by atoms with van der Waals surface area (Å²) in [6.45, 7) is 0. The van der Waals surface area contributed by atoms with E-state index in [1.54, 1.807) is 0 Å². The van der Waals surface area contributed by atoms with Crippen LogP contribution in [0.25, 0.3) is 0 Å². The van der Waals surface area contributed by atoms with Crippen molar-refractivity contribution < 1.29 is 23.7 Å². The Kier molecular flexibility index (Phi) is 5.40. The molecule has 0 bridgehead atoms. The smallest absolute Gasteiger partial charge is 0.320 e. The van der Waals surface area contributed by atoms with Crippen LogP contribution in [-0.2, 0) is 9.59 Å². The maximum absolute atomic E-state index is 11.7. The monoisotopic (exact) mass is 211 g/mol. The van der Waals surface area contributed by atoms with E-state index in [1.807, 2.05) is 0 Å². The summed E-state index contributed by atoms with van der Waals surface area (Å²) >= 11 is -0.138. The molecule has 0 aromatic heterocycles. The Hall–Kier alpha value is -0.820. The van der Waals surface area contributed by atoms with Gasteiger partial charge in [0.15, 0.2) is 0 Å². The topological polar surface area (TPSA) is 101 Å². The first-order valence-electron chi connectivity index (χ1n) is 3.43. The third-order valence-electron chi connectivity index (χ3n) is 1.47. The number of halogens is 1. The van der Waals surface area contributed by atoms with E-state index in [-0.39, 0.29) is 24.3 Å². The Morgan fingerprint density at radius 3 is 2.23 bits per heavy atom. The van der Waals surface area contributed by atoms with Crippen LogP contribution in [0.3, 0.4) is 0 Å². The minimum absolute atomic E-state index is 0.138. The van der Waals surface area contributed by atoms with Crippen molar-refractivity contribution in [3.63, 3.8) is 0 Å². The summed E-state index contributed by atoms with van der Waals surface area (Å²) in [6.07, 6.45) is -0.262. The van der Waals surface area contributed by atoms with E-state index in [0.29, 0.717) is 0 Å². The van der Waals surface area contributed by atoms with Crippen molar-refractivity contribution in [3.8, 4) is 0 Å². The first kappa shape index (κ1) is 12.2. The third kappa shape index (κ3) is 4.69. The van der Waals surface area contributed by atoms with Gasteiger partial charge in [-0.3, -0.25) is 9.59 Å². The van der Waals surface area contributed by atoms with Crippen molar-refractivity contribution in [3.05, 3.63) is 0 Å². The number of hydrogen-bond donors (Lipinski definition) is 3. The molecular weight excluding hydrogens is 201 g/mol. The largest absolute Gasteiger partial charge is 0.481 e. The number of hydrogen-bond acceptors (Lipinski definition) is 4. The summed E-state index contributed by atoms with van der Waals surface area (Å²) in [7, 11) is 0. The van der Waals surface area contributed by atoms with E-state index in [9.17, 15) is 13.5 Å². The molecule has 7 heteroatoms. The summed E-state index contributed by atoms with van der Waals surface area (Å²) in [4.78, 5) is 20.7. The van der Waals surface area contributed by atoms with Crippen LogP contribution in [0.15, 0.2) is 0 Å². The number of nitrogens with two attached hydrogens (primary N) is 1. The first-order valence-corrected chi connectivity index (χ1v) is 4.32. The van der Waals surface area contributed by atoms with E-state index in [2.05, 4.69) is 0 Å². The fourth-order valence-corrected chi connectivity index (χ4v) is 1.15. The molecule has 2 unspecified atom stereocenters. The number of rotatable bonds is 6. The molecule has 2 atom stereocenters. The highest BCUT2D eigenvalue weighted by Gasteiger charge is 2.24. The Bertz CT molecular complexity index is 201. The van der Waals surface area contributed by atoms with Gasteiger partial charge in [-0.25, -0.2) is 0 Å². The standard InChI is InChI=1S/C6H10FNO4S/c7-13-2-3(5(9)10)1-4(8)6(11)12/h3-4H,1-2,8H2,(H,9,10)(H,11,12). The highest BCUT2D eigenvalue weighted by Crippen LogP contribution is 2.14. The van der Waals surface area contributed by atoms with Crippen molar-refractivity contribution in [2.24, 2.45) is 11.7 Å². The number of carboxylic acid groups (broad SMARTS) is 2. The zero-order valence-electron chi connectivity index (χ0n) is 6.64. The SMILES string of the molecule is NC(CC(CSF)C(=O)O)C(=O)O. The number of carbonyl (C=O) groups is 2. The predicted molar refractivity (Wildman–Crippen MR) is 44.9 cm³/mol. The molecule has 13 heavy (non-hydrogen) atoms. The minimum Gasteiger partial charge on any atom is -0.481 e. The Morgan fingerprint density at radius 2 is 1.92 bits per heavy atom. The summed E-state index contributed by atoms with van der Waals surface area (Å²) in [5.74, 6) is -3.85. The van der Waals surface area contributed by atoms with Crippen molar-refractivity contribution in [2.45, 2.75) is 12.5 Å². The van der Waals surface area contributed by atoms with E-state index in [0.717, 1.165) is 0 Å². The van der Waals surface area contributed by atoms with Gasteiger partial charge in [0.2, 0.25) is 0 Å². The zero-order valence-corrected chi connectivity index (χ0v) is 7.46. The van der Waals surface area contributed by atoms with Crippen molar-refractivity contribution >= 4 is 24.1 Å². The zero-order chi connectivity index (χ0) is 10.4. The number of carboxylic acids is 2. The molecule has 0 rings (SSSR count). The van der Waals surface area contributed by atoms with E-state index >= 15 is 0 Å². The molecule has 0 amide bonds. The lowest BCUT2D eigenvalue weighted by molar-refractivity contribution is -0.142. The third-order valence-corrected chi connectivity index (χ3v) is 2.00. The van der Waals surface area contributed by atoms with E-state index in [1.165, 1.54) is 0 Å². The van der Waals surface area contributed by atoms with Crippen LogP contribution < -0.4 is 5.73 Å². The maximum Gasteiger partial charge on any atom is 0.320 e. The molecule has 0 aliphatic rings. The molecule has 0 heterocycles. The van der Waals surface area contributed by atoms with Crippen LogP contribution in [-0.4, -0.2) is 33.9 Å². The molecule has 0 fully saturated rings. The lowest BCUT2D eigenvalue weighted by Crippen LogP contribution is -2.35. The van der Waals surface area contributed by atoms with Gasteiger partial charge < -0.3 is 15.9 Å². The van der Waals surface area contributed by atoms with Crippen LogP contribution in [0.1, 0.15) is 6.42 Å². The van der Waals surface area contributed by atoms with Crippen molar-refractivity contribution in [1.82, 2.24) is 0 Å². The van der Waals surface area contributed by atoms with Crippen LogP contribution in [0, 0.1) is 5.92 Å². The molecule has 76 valence electrons. The van der Waals surface area contributed by atoms with Crippen LogP contribution in [0.4, 0.5) is 3.89 Å². The average Bonchev–Trinajstić information content (AvgIpc) is 2.03. The van der Waals surface area contributed by atoms with Crippen molar-refractivity contribution in [1.29, 1.82) is 0 Å². The summed E-state index contributed by atoms with van der Waals surface area (Å²) in [5.41, 5.74) is 5.09. The highest BCUT2D eigenvalue weighted by molar-refractivity contribution is 7.94. The van der Waals surface area contributed by atoms with Gasteiger partial charge in [-0.15, -0.1) is 0 Å². The van der Waals surface area contributed by atoms with Crippen molar-refractivity contribution in [2.75, 3.05) is 5.75 Å². The average molecular weight is 211 g/mol. The molecular formula is C6H10FNO4S. The molecule has 5 nitrogen and oxygen atoms in total. The lowest BCUT2D eigenvalue weighted by Gasteiger charge is -2.11. The van der Waals surface area contributed by atoms with Gasteiger partial charge in [-0.1, -0.05) is 0 Å². The Labute approximate surface area is 78.4 Å². The molecule has 0 saturated heterocycles. The molecule has 0 spiro atoms. The van der Waals surface area contributed by atoms with E-state index in [4.69, 9.17) is 15.9 Å². The van der Waals surface area contributed by atoms with Gasteiger partial charge in [-0.2, -0.15) is 3.89 Å². The summed E-state index contributed by atoms with van der Waals surface area (Å²) in [6, 6.07) is -1.26. The molecule has 0 aromatic rings. The van der Waals surface area contributed by atoms with Crippen LogP contribution in [0.2, 0.25) is 0 Å². The van der Waals surface area contributed by atoms with Gasteiger partial charge in [0.05, 0.1) is 5.92 Å². The molecule has 4 N–H and O–H groups in total. The molecule has 0 radical (unpaired) electrons. The fourth-order valence-electron chi connectivity index (χ4n) is 0.724. The quantitative estimate of drug-likeness (QED) is 0.576. The highest BCUT2D eigenvalue weighted by atomic mass is 32.2. The normalized spacial score (nSPS) is 14.9. The minimum atomic E-state index is -1.28. The first-order chi connectivity index (χ1) is 5.99. The molecule has 0 saturated carbocycles. The summed E-state index contributed by atoms with van der Waals surface area (Å²) in [5, 5.41) is 16.9. The second-order valence-corrected chi connectivity index (χ2v) is 3.04. The second-order valence-electron chi connectivity index (χ2n) is 2.49. The number of aliphatic carboxylic acids is 2. The lowest BCUT2D eigenvalue weighted by atomic mass is 10.0. The van der Waals surface area contributed by atoms with Gasteiger partial charge in [0.25, 0.3) is 0 Å². The van der Waals surface area contributed by atoms with Gasteiger partial charge >= 0.3 is 11.9 Å². The van der Waals surface area contributed by atoms with E-state index < -0.39 is 23.9 Å². The van der Waals surface area contributed by atoms with Crippen LogP contribution >= 0.6 is 12.1 Å². The van der Waals surface area contributed by atoms with Gasteiger partial charge in [-0.05, 0) is 6.42 Å². The maximum atomic E-state index is 11.7. The van der Waals surface area contributed by atoms with Gasteiger partial charge in [0, 0.05) is 17.9 Å². The Morgan fingerprint density at radius 1 is 1.38 bits per heavy atom. The second kappa shape index (κ2) is 5.76. The fraction of sp³-hybridized carbons (Fsp3) is 0.667.